The molecule has 0 bridgehead atoms. The fourth-order valence-corrected chi connectivity index (χ4v) is 1.47. The molecule has 0 amide bonds. The monoisotopic (exact) mass is 141 g/mol. The Labute approximate surface area is 64.2 Å². The first-order valence-corrected chi connectivity index (χ1v) is 4.41. The fraction of sp³-hybridized carbons (Fsp3) is 1.00. The first-order chi connectivity index (χ1) is 4.74. The van der Waals surface area contributed by atoms with Crippen molar-refractivity contribution >= 4 is 0 Å². The van der Waals surface area contributed by atoms with Crippen molar-refractivity contribution in [2.45, 2.75) is 39.2 Å². The van der Waals surface area contributed by atoms with E-state index in [1.54, 1.807) is 0 Å². The largest absolute Gasteiger partial charge is 0.317 e. The molecule has 1 saturated carbocycles. The normalized spacial score (nSPS) is 31.2. The molecule has 0 radical (unpaired) electrons. The SMILES string of the molecule is CNC1CC1CCC(C)C. The Kier molecular flexibility index (Phi) is 2.72. The van der Waals surface area contributed by atoms with E-state index in [4.69, 9.17) is 0 Å². The highest BCUT2D eigenvalue weighted by atomic mass is 14.9. The van der Waals surface area contributed by atoms with Crippen molar-refractivity contribution in [1.82, 2.24) is 5.32 Å². The summed E-state index contributed by atoms with van der Waals surface area (Å²) in [5.74, 6) is 1.89. The summed E-state index contributed by atoms with van der Waals surface area (Å²) in [5.41, 5.74) is 0. The molecule has 0 aromatic heterocycles. The Morgan fingerprint density at radius 3 is 2.60 bits per heavy atom. The zero-order valence-corrected chi connectivity index (χ0v) is 7.35. The van der Waals surface area contributed by atoms with Crippen molar-refractivity contribution < 1.29 is 0 Å². The van der Waals surface area contributed by atoms with Crippen LogP contribution in [0.4, 0.5) is 0 Å². The molecule has 1 N–H and O–H groups in total. The molecule has 1 heteroatoms. The van der Waals surface area contributed by atoms with Gasteiger partial charge in [0.25, 0.3) is 0 Å². The molecule has 0 aromatic rings. The lowest BCUT2D eigenvalue weighted by atomic mass is 10.1. The van der Waals surface area contributed by atoms with Gasteiger partial charge in [0.05, 0.1) is 0 Å². The smallest absolute Gasteiger partial charge is 0.00961 e. The van der Waals surface area contributed by atoms with Gasteiger partial charge in [-0.1, -0.05) is 20.3 Å². The molecule has 1 aliphatic rings. The van der Waals surface area contributed by atoms with Gasteiger partial charge in [-0.3, -0.25) is 0 Å². The summed E-state index contributed by atoms with van der Waals surface area (Å²) in [6.07, 6.45) is 4.26. The van der Waals surface area contributed by atoms with Gasteiger partial charge >= 0.3 is 0 Å². The lowest BCUT2D eigenvalue weighted by Gasteiger charge is -2.02. The summed E-state index contributed by atoms with van der Waals surface area (Å²) in [6, 6.07) is 0.860. The van der Waals surface area contributed by atoms with Gasteiger partial charge in [-0.15, -0.1) is 0 Å². The first-order valence-electron chi connectivity index (χ1n) is 4.41. The maximum absolute atomic E-state index is 3.31. The molecule has 10 heavy (non-hydrogen) atoms. The van der Waals surface area contributed by atoms with Gasteiger partial charge in [0.2, 0.25) is 0 Å². The van der Waals surface area contributed by atoms with Gasteiger partial charge in [0.1, 0.15) is 0 Å². The van der Waals surface area contributed by atoms with Crippen molar-refractivity contribution in [3.63, 3.8) is 0 Å². The summed E-state index contributed by atoms with van der Waals surface area (Å²) >= 11 is 0. The van der Waals surface area contributed by atoms with Crippen LogP contribution in [0.15, 0.2) is 0 Å². The molecule has 60 valence electrons. The van der Waals surface area contributed by atoms with Crippen LogP contribution in [-0.4, -0.2) is 13.1 Å². The number of hydrogen-bond donors (Lipinski definition) is 1. The summed E-state index contributed by atoms with van der Waals surface area (Å²) in [6.45, 7) is 4.60. The van der Waals surface area contributed by atoms with Gasteiger partial charge in [-0.05, 0) is 31.7 Å². The Morgan fingerprint density at radius 1 is 1.50 bits per heavy atom. The van der Waals surface area contributed by atoms with Crippen LogP contribution >= 0.6 is 0 Å². The van der Waals surface area contributed by atoms with E-state index < -0.39 is 0 Å². The molecule has 0 saturated heterocycles. The second-order valence-electron chi connectivity index (χ2n) is 3.86. The summed E-state index contributed by atoms with van der Waals surface area (Å²) in [5, 5.41) is 3.31. The maximum atomic E-state index is 3.31. The van der Waals surface area contributed by atoms with Crippen LogP contribution in [0.3, 0.4) is 0 Å². The third-order valence-corrected chi connectivity index (χ3v) is 2.41. The van der Waals surface area contributed by atoms with Gasteiger partial charge in [-0.2, -0.15) is 0 Å². The highest BCUT2D eigenvalue weighted by molar-refractivity contribution is 4.91. The molecular formula is C9H19N. The van der Waals surface area contributed by atoms with Crippen molar-refractivity contribution in [2.75, 3.05) is 7.05 Å². The van der Waals surface area contributed by atoms with Gasteiger partial charge < -0.3 is 5.32 Å². The third kappa shape index (κ3) is 2.30. The Balaban J connectivity index is 1.96. The van der Waals surface area contributed by atoms with E-state index in [1.807, 2.05) is 0 Å². The lowest BCUT2D eigenvalue weighted by Crippen LogP contribution is -2.10. The van der Waals surface area contributed by atoms with E-state index in [2.05, 4.69) is 26.2 Å². The highest BCUT2D eigenvalue weighted by Crippen LogP contribution is 2.35. The minimum Gasteiger partial charge on any atom is -0.317 e. The molecule has 0 heterocycles. The zero-order chi connectivity index (χ0) is 7.56. The highest BCUT2D eigenvalue weighted by Gasteiger charge is 2.34. The Bertz CT molecular complexity index is 98.9. The lowest BCUT2D eigenvalue weighted by molar-refractivity contribution is 0.514. The van der Waals surface area contributed by atoms with E-state index in [-0.39, 0.29) is 0 Å². The van der Waals surface area contributed by atoms with E-state index in [0.29, 0.717) is 0 Å². The minimum absolute atomic E-state index is 0.860. The average Bonchev–Trinajstić information content (AvgIpc) is 2.61. The van der Waals surface area contributed by atoms with E-state index in [0.717, 1.165) is 17.9 Å². The van der Waals surface area contributed by atoms with Crippen LogP contribution in [0.2, 0.25) is 0 Å². The van der Waals surface area contributed by atoms with Crippen molar-refractivity contribution in [3.8, 4) is 0 Å². The van der Waals surface area contributed by atoms with Crippen LogP contribution in [0.25, 0.3) is 0 Å². The van der Waals surface area contributed by atoms with Crippen LogP contribution in [0.5, 0.6) is 0 Å². The zero-order valence-electron chi connectivity index (χ0n) is 7.35. The molecule has 1 rings (SSSR count). The molecule has 1 fully saturated rings. The molecule has 1 nitrogen and oxygen atoms in total. The van der Waals surface area contributed by atoms with Gasteiger partial charge in [0, 0.05) is 6.04 Å². The molecule has 0 aliphatic heterocycles. The Hall–Kier alpha value is -0.0400. The van der Waals surface area contributed by atoms with Crippen molar-refractivity contribution in [2.24, 2.45) is 11.8 Å². The molecular weight excluding hydrogens is 122 g/mol. The van der Waals surface area contributed by atoms with Crippen LogP contribution in [0, 0.1) is 11.8 Å². The van der Waals surface area contributed by atoms with Crippen LogP contribution in [-0.2, 0) is 0 Å². The van der Waals surface area contributed by atoms with Crippen LogP contribution < -0.4 is 5.32 Å². The fourth-order valence-electron chi connectivity index (χ4n) is 1.47. The number of nitrogens with one attached hydrogen (secondary N) is 1. The third-order valence-electron chi connectivity index (χ3n) is 2.41. The minimum atomic E-state index is 0.860. The topological polar surface area (TPSA) is 12.0 Å². The van der Waals surface area contributed by atoms with E-state index in [9.17, 15) is 0 Å². The number of rotatable bonds is 4. The molecule has 0 spiro atoms. The van der Waals surface area contributed by atoms with E-state index >= 15 is 0 Å². The second kappa shape index (κ2) is 3.38. The first kappa shape index (κ1) is 8.06. The van der Waals surface area contributed by atoms with Gasteiger partial charge in [-0.25, -0.2) is 0 Å². The molecule has 0 aromatic carbocycles. The van der Waals surface area contributed by atoms with Crippen molar-refractivity contribution in [3.05, 3.63) is 0 Å². The van der Waals surface area contributed by atoms with Crippen LogP contribution in [0.1, 0.15) is 33.1 Å². The van der Waals surface area contributed by atoms with E-state index in [1.165, 1.54) is 19.3 Å². The average molecular weight is 141 g/mol. The molecule has 1 aliphatic carbocycles. The summed E-state index contributed by atoms with van der Waals surface area (Å²) < 4.78 is 0. The van der Waals surface area contributed by atoms with Crippen molar-refractivity contribution in [1.29, 1.82) is 0 Å². The quantitative estimate of drug-likeness (QED) is 0.631. The Morgan fingerprint density at radius 2 is 2.20 bits per heavy atom. The predicted octanol–water partition coefficient (Wildman–Crippen LogP) is 2.03. The molecule has 2 atom stereocenters. The number of hydrogen-bond acceptors (Lipinski definition) is 1. The molecule has 2 unspecified atom stereocenters. The van der Waals surface area contributed by atoms with Gasteiger partial charge in [0.15, 0.2) is 0 Å². The second-order valence-corrected chi connectivity index (χ2v) is 3.86. The standard InChI is InChI=1S/C9H19N/c1-7(2)4-5-8-6-9(8)10-3/h7-10H,4-6H2,1-3H3. The predicted molar refractivity (Wildman–Crippen MR) is 45.0 cm³/mol. The summed E-state index contributed by atoms with van der Waals surface area (Å²) in [7, 11) is 2.07. The maximum Gasteiger partial charge on any atom is 0.00961 e. The summed E-state index contributed by atoms with van der Waals surface area (Å²) in [4.78, 5) is 0.